The van der Waals surface area contributed by atoms with Gasteiger partial charge in [-0.3, -0.25) is 0 Å². The van der Waals surface area contributed by atoms with Crippen LogP contribution in [-0.2, 0) is 0 Å². The summed E-state index contributed by atoms with van der Waals surface area (Å²) in [7, 11) is 4.12. The first kappa shape index (κ1) is 13.6. The molecule has 0 unspecified atom stereocenters. The highest BCUT2D eigenvalue weighted by Crippen LogP contribution is 2.36. The Morgan fingerprint density at radius 1 is 1.53 bits per heavy atom. The maximum absolute atomic E-state index is 10.9. The number of rotatable bonds is 5. The van der Waals surface area contributed by atoms with Crippen molar-refractivity contribution < 1.29 is 9.90 Å². The van der Waals surface area contributed by atoms with E-state index in [9.17, 15) is 4.79 Å². The van der Waals surface area contributed by atoms with E-state index in [2.05, 4.69) is 29.3 Å². The Bertz CT molecular complexity index is 484. The van der Waals surface area contributed by atoms with Crippen molar-refractivity contribution in [1.29, 1.82) is 0 Å². The molecule has 2 rings (SSSR count). The number of aromatic nitrogens is 1. The van der Waals surface area contributed by atoms with Crippen LogP contribution in [0.2, 0.25) is 0 Å². The molecule has 0 amide bonds. The summed E-state index contributed by atoms with van der Waals surface area (Å²) in [6.45, 7) is 0.722. The number of anilines is 2. The molecule has 1 aromatic rings. The normalized spacial score (nSPS) is 17.0. The first-order chi connectivity index (χ1) is 8.94. The van der Waals surface area contributed by atoms with Crippen molar-refractivity contribution in [1.82, 2.24) is 9.88 Å². The maximum atomic E-state index is 10.9. The van der Waals surface area contributed by atoms with Crippen LogP contribution >= 0.6 is 0 Å². The molecule has 0 bridgehead atoms. The summed E-state index contributed by atoms with van der Waals surface area (Å²) in [5, 5.41) is 12.1. The van der Waals surface area contributed by atoms with Gasteiger partial charge in [-0.2, -0.15) is 0 Å². The van der Waals surface area contributed by atoms with Gasteiger partial charge < -0.3 is 21.1 Å². The van der Waals surface area contributed by atoms with Crippen LogP contribution in [0.3, 0.4) is 0 Å². The summed E-state index contributed by atoms with van der Waals surface area (Å²) >= 11 is 0. The highest BCUT2D eigenvalue weighted by Gasteiger charge is 2.38. The van der Waals surface area contributed by atoms with Crippen molar-refractivity contribution in [2.45, 2.75) is 24.8 Å². The summed E-state index contributed by atoms with van der Waals surface area (Å²) in [5.41, 5.74) is 6.43. The van der Waals surface area contributed by atoms with Gasteiger partial charge in [0.15, 0.2) is 5.69 Å². The van der Waals surface area contributed by atoms with Gasteiger partial charge in [0, 0.05) is 12.1 Å². The lowest BCUT2D eigenvalue weighted by atomic mass is 9.75. The van der Waals surface area contributed by atoms with Crippen molar-refractivity contribution in [3.8, 4) is 0 Å². The van der Waals surface area contributed by atoms with E-state index >= 15 is 0 Å². The predicted octanol–water partition coefficient (Wildman–Crippen LogP) is 1.26. The zero-order valence-electron chi connectivity index (χ0n) is 11.3. The Balaban J connectivity index is 2.10. The molecule has 0 aromatic carbocycles. The number of pyridine rings is 1. The summed E-state index contributed by atoms with van der Waals surface area (Å²) in [6.07, 6.45) is 3.48. The number of carboxylic acids is 1. The van der Waals surface area contributed by atoms with Crippen molar-refractivity contribution in [3.05, 3.63) is 17.8 Å². The Labute approximate surface area is 112 Å². The van der Waals surface area contributed by atoms with Crippen molar-refractivity contribution in [2.24, 2.45) is 0 Å². The third-order valence-corrected chi connectivity index (χ3v) is 3.96. The van der Waals surface area contributed by atoms with Crippen LogP contribution in [0, 0.1) is 0 Å². The topological polar surface area (TPSA) is 91.5 Å². The Morgan fingerprint density at radius 2 is 2.21 bits per heavy atom. The average molecular weight is 264 g/mol. The van der Waals surface area contributed by atoms with Gasteiger partial charge >= 0.3 is 5.97 Å². The monoisotopic (exact) mass is 264 g/mol. The average Bonchev–Trinajstić information content (AvgIpc) is 2.29. The second kappa shape index (κ2) is 5.05. The summed E-state index contributed by atoms with van der Waals surface area (Å²) < 4.78 is 0. The summed E-state index contributed by atoms with van der Waals surface area (Å²) in [5.74, 6) is -0.595. The number of nitrogens with zero attached hydrogens (tertiary/aromatic N) is 2. The molecule has 1 aromatic heterocycles. The SMILES string of the molecule is CN(C)C1(CNc2nc(C(=O)O)ccc2N)CCC1. The molecule has 6 heteroatoms. The Kier molecular flexibility index (Phi) is 3.61. The lowest BCUT2D eigenvalue weighted by molar-refractivity contribution is 0.0690. The second-order valence-electron chi connectivity index (χ2n) is 5.27. The van der Waals surface area contributed by atoms with Gasteiger partial charge in [0.25, 0.3) is 0 Å². The van der Waals surface area contributed by atoms with Crippen LogP contribution in [-0.4, -0.2) is 47.1 Å². The van der Waals surface area contributed by atoms with Crippen LogP contribution in [0.15, 0.2) is 12.1 Å². The molecule has 1 saturated carbocycles. The minimum atomic E-state index is -1.05. The van der Waals surface area contributed by atoms with E-state index in [1.54, 1.807) is 6.07 Å². The van der Waals surface area contributed by atoms with Gasteiger partial charge in [-0.05, 0) is 45.5 Å². The lowest BCUT2D eigenvalue weighted by Gasteiger charge is -2.47. The quantitative estimate of drug-likeness (QED) is 0.741. The Morgan fingerprint density at radius 3 is 2.68 bits per heavy atom. The number of nitrogens with one attached hydrogen (secondary N) is 1. The minimum absolute atomic E-state index is 0.00390. The molecule has 0 spiro atoms. The number of carboxylic acid groups (broad SMARTS) is 1. The number of likely N-dealkylation sites (N-methyl/N-ethyl adjacent to an activating group) is 1. The van der Waals surface area contributed by atoms with E-state index in [4.69, 9.17) is 10.8 Å². The smallest absolute Gasteiger partial charge is 0.354 e. The van der Waals surface area contributed by atoms with E-state index in [0.717, 1.165) is 19.4 Å². The van der Waals surface area contributed by atoms with Crippen LogP contribution in [0.1, 0.15) is 29.8 Å². The van der Waals surface area contributed by atoms with Gasteiger partial charge in [0.1, 0.15) is 5.82 Å². The van der Waals surface area contributed by atoms with Gasteiger partial charge in [0.05, 0.1) is 5.69 Å². The molecular formula is C13H20N4O2. The molecule has 1 aliphatic rings. The molecule has 0 atom stereocenters. The molecule has 1 fully saturated rings. The van der Waals surface area contributed by atoms with E-state index in [1.165, 1.54) is 12.5 Å². The van der Waals surface area contributed by atoms with Crippen LogP contribution in [0.4, 0.5) is 11.5 Å². The van der Waals surface area contributed by atoms with Crippen molar-refractivity contribution >= 4 is 17.5 Å². The molecular weight excluding hydrogens is 244 g/mol. The largest absolute Gasteiger partial charge is 0.477 e. The molecule has 6 nitrogen and oxygen atoms in total. The molecule has 1 heterocycles. The molecule has 4 N–H and O–H groups in total. The molecule has 19 heavy (non-hydrogen) atoms. The maximum Gasteiger partial charge on any atom is 0.354 e. The first-order valence-electron chi connectivity index (χ1n) is 6.36. The molecule has 0 saturated heterocycles. The van der Waals surface area contributed by atoms with E-state index in [-0.39, 0.29) is 11.2 Å². The minimum Gasteiger partial charge on any atom is -0.477 e. The highest BCUT2D eigenvalue weighted by atomic mass is 16.4. The van der Waals surface area contributed by atoms with E-state index < -0.39 is 5.97 Å². The number of carbonyl (C=O) groups is 1. The number of hydrogen-bond acceptors (Lipinski definition) is 5. The fourth-order valence-electron chi connectivity index (χ4n) is 2.35. The van der Waals surface area contributed by atoms with Crippen molar-refractivity contribution in [3.63, 3.8) is 0 Å². The van der Waals surface area contributed by atoms with Gasteiger partial charge in [-0.25, -0.2) is 9.78 Å². The van der Waals surface area contributed by atoms with Crippen molar-refractivity contribution in [2.75, 3.05) is 31.7 Å². The second-order valence-corrected chi connectivity index (χ2v) is 5.27. The molecule has 104 valence electrons. The standard InChI is InChI=1S/C13H20N4O2/c1-17(2)13(6-3-7-13)8-15-11-9(14)4-5-10(16-11)12(18)19/h4-5H,3,6-8,14H2,1-2H3,(H,15,16)(H,18,19). The number of hydrogen-bond donors (Lipinski definition) is 3. The van der Waals surface area contributed by atoms with E-state index in [0.29, 0.717) is 11.5 Å². The highest BCUT2D eigenvalue weighted by molar-refractivity contribution is 5.86. The van der Waals surface area contributed by atoms with Gasteiger partial charge in [-0.15, -0.1) is 0 Å². The van der Waals surface area contributed by atoms with Crippen LogP contribution < -0.4 is 11.1 Å². The molecule has 0 radical (unpaired) electrons. The van der Waals surface area contributed by atoms with Crippen LogP contribution in [0.5, 0.6) is 0 Å². The predicted molar refractivity (Wildman–Crippen MR) is 74.4 cm³/mol. The third kappa shape index (κ3) is 2.63. The lowest BCUT2D eigenvalue weighted by Crippen LogP contribution is -2.54. The zero-order valence-corrected chi connectivity index (χ0v) is 11.3. The third-order valence-electron chi connectivity index (χ3n) is 3.96. The number of nitrogen functional groups attached to an aromatic ring is 1. The van der Waals surface area contributed by atoms with Gasteiger partial charge in [0.2, 0.25) is 0 Å². The van der Waals surface area contributed by atoms with E-state index in [1.807, 2.05) is 0 Å². The molecule has 1 aliphatic carbocycles. The number of nitrogens with two attached hydrogens (primary N) is 1. The zero-order chi connectivity index (χ0) is 14.0. The molecule has 0 aliphatic heterocycles. The van der Waals surface area contributed by atoms with Crippen LogP contribution in [0.25, 0.3) is 0 Å². The summed E-state index contributed by atoms with van der Waals surface area (Å²) in [4.78, 5) is 17.1. The first-order valence-corrected chi connectivity index (χ1v) is 6.36. The fourth-order valence-corrected chi connectivity index (χ4v) is 2.35. The van der Waals surface area contributed by atoms with Gasteiger partial charge in [-0.1, -0.05) is 0 Å². The summed E-state index contributed by atoms with van der Waals surface area (Å²) in [6, 6.07) is 2.98. The number of aromatic carboxylic acids is 1. The Hall–Kier alpha value is -1.82. The fraction of sp³-hybridized carbons (Fsp3) is 0.538.